The Morgan fingerprint density at radius 2 is 1.89 bits per heavy atom. The second-order valence-corrected chi connectivity index (χ2v) is 5.74. The van der Waals surface area contributed by atoms with Crippen molar-refractivity contribution in [1.29, 1.82) is 0 Å². The molecule has 0 saturated carbocycles. The van der Waals surface area contributed by atoms with E-state index < -0.39 is 5.60 Å². The van der Waals surface area contributed by atoms with Crippen LogP contribution in [0.5, 0.6) is 0 Å². The largest absolute Gasteiger partial charge is 0.451 e. The zero-order valence-electron chi connectivity index (χ0n) is 11.7. The van der Waals surface area contributed by atoms with Gasteiger partial charge in [-0.05, 0) is 38.5 Å². The van der Waals surface area contributed by atoms with Crippen LogP contribution in [0.1, 0.15) is 47.0 Å². The molecule has 2 nitrogen and oxygen atoms in total. The summed E-state index contributed by atoms with van der Waals surface area (Å²) < 4.78 is 5.43. The third-order valence-electron chi connectivity index (χ3n) is 4.33. The second kappa shape index (κ2) is 4.42. The summed E-state index contributed by atoms with van der Waals surface area (Å²) in [6.07, 6.45) is 11.7. The first-order valence-electron chi connectivity index (χ1n) is 6.78. The Hall–Kier alpha value is -1.31. The van der Waals surface area contributed by atoms with Gasteiger partial charge in [0, 0.05) is 5.57 Å². The van der Waals surface area contributed by atoms with Gasteiger partial charge in [-0.15, -0.1) is 0 Å². The first-order valence-corrected chi connectivity index (χ1v) is 6.78. The van der Waals surface area contributed by atoms with Crippen molar-refractivity contribution in [2.75, 3.05) is 0 Å². The van der Waals surface area contributed by atoms with E-state index in [4.69, 9.17) is 4.74 Å². The molecule has 0 aromatic carbocycles. The van der Waals surface area contributed by atoms with Crippen molar-refractivity contribution in [3.63, 3.8) is 0 Å². The van der Waals surface area contributed by atoms with Crippen molar-refractivity contribution >= 4 is 5.97 Å². The molecule has 18 heavy (non-hydrogen) atoms. The van der Waals surface area contributed by atoms with Gasteiger partial charge in [0.05, 0.1) is 5.57 Å². The SMILES string of the molecule is CCC1(CC)/C=C\C2=C(/C=C\C1)C(=O)OC2(C)C. The molecule has 0 bridgehead atoms. The Morgan fingerprint density at radius 1 is 1.22 bits per heavy atom. The fourth-order valence-corrected chi connectivity index (χ4v) is 2.74. The van der Waals surface area contributed by atoms with E-state index >= 15 is 0 Å². The average Bonchev–Trinajstić information content (AvgIpc) is 2.49. The molecular weight excluding hydrogens is 224 g/mol. The van der Waals surface area contributed by atoms with Crippen molar-refractivity contribution in [2.45, 2.75) is 52.6 Å². The molecule has 2 heteroatoms. The zero-order valence-corrected chi connectivity index (χ0v) is 11.7. The summed E-state index contributed by atoms with van der Waals surface area (Å²) in [6, 6.07) is 0. The Morgan fingerprint density at radius 3 is 2.50 bits per heavy atom. The zero-order chi connectivity index (χ0) is 13.4. The maximum atomic E-state index is 11.8. The molecule has 0 N–H and O–H groups in total. The van der Waals surface area contributed by atoms with Gasteiger partial charge >= 0.3 is 5.97 Å². The van der Waals surface area contributed by atoms with Crippen LogP contribution in [0.25, 0.3) is 0 Å². The molecule has 98 valence electrons. The van der Waals surface area contributed by atoms with Crippen molar-refractivity contribution < 1.29 is 9.53 Å². The number of carbonyl (C=O) groups is 1. The molecule has 2 aliphatic rings. The van der Waals surface area contributed by atoms with Gasteiger partial charge in [0.25, 0.3) is 0 Å². The summed E-state index contributed by atoms with van der Waals surface area (Å²) in [5.74, 6) is -0.198. The van der Waals surface area contributed by atoms with Gasteiger partial charge in [-0.1, -0.05) is 38.2 Å². The van der Waals surface area contributed by atoms with E-state index in [1.807, 2.05) is 19.9 Å². The lowest BCUT2D eigenvalue weighted by Gasteiger charge is -2.28. The Balaban J connectivity index is 2.47. The molecule has 0 saturated heterocycles. The lowest BCUT2D eigenvalue weighted by Crippen LogP contribution is -2.23. The van der Waals surface area contributed by atoms with Crippen molar-refractivity contribution in [3.05, 3.63) is 35.5 Å². The molecule has 1 aliphatic carbocycles. The minimum absolute atomic E-state index is 0.198. The monoisotopic (exact) mass is 246 g/mol. The van der Waals surface area contributed by atoms with E-state index in [0.29, 0.717) is 0 Å². The minimum Gasteiger partial charge on any atom is -0.451 e. The van der Waals surface area contributed by atoms with Crippen LogP contribution < -0.4 is 0 Å². The van der Waals surface area contributed by atoms with E-state index in [2.05, 4.69) is 32.1 Å². The molecule has 0 aromatic heterocycles. The molecule has 0 unspecified atom stereocenters. The third-order valence-corrected chi connectivity index (χ3v) is 4.33. The number of ether oxygens (including phenoxy) is 1. The number of hydrogen-bond donors (Lipinski definition) is 0. The number of cyclic esters (lactones) is 1. The van der Waals surface area contributed by atoms with Crippen LogP contribution in [0.4, 0.5) is 0 Å². The van der Waals surface area contributed by atoms with Crippen molar-refractivity contribution in [2.24, 2.45) is 5.41 Å². The molecule has 0 aromatic rings. The summed E-state index contributed by atoms with van der Waals surface area (Å²) in [5.41, 5.74) is 1.45. The number of hydrogen-bond acceptors (Lipinski definition) is 2. The highest BCUT2D eigenvalue weighted by molar-refractivity contribution is 5.96. The maximum Gasteiger partial charge on any atom is 0.339 e. The van der Waals surface area contributed by atoms with Crippen molar-refractivity contribution in [1.82, 2.24) is 0 Å². The molecule has 0 atom stereocenters. The number of rotatable bonds is 2. The summed E-state index contributed by atoms with van der Waals surface area (Å²) in [5, 5.41) is 0. The highest BCUT2D eigenvalue weighted by Crippen LogP contribution is 2.40. The molecule has 1 aliphatic heterocycles. The summed E-state index contributed by atoms with van der Waals surface area (Å²) in [4.78, 5) is 11.8. The van der Waals surface area contributed by atoms with Gasteiger partial charge in [-0.3, -0.25) is 0 Å². The van der Waals surface area contributed by atoms with E-state index in [1.165, 1.54) is 0 Å². The summed E-state index contributed by atoms with van der Waals surface area (Å²) in [6.45, 7) is 8.35. The Labute approximate surface area is 109 Å². The van der Waals surface area contributed by atoms with Gasteiger partial charge in [-0.2, -0.15) is 0 Å². The standard InChI is InChI=1S/C16H22O2/c1-5-16(6-2)10-7-8-12-13(9-11-16)15(3,4)18-14(12)17/h7-9,11H,5-6,10H2,1-4H3/b8-7-,11-9-. The van der Waals surface area contributed by atoms with Gasteiger partial charge in [-0.25, -0.2) is 4.79 Å². The van der Waals surface area contributed by atoms with Crippen LogP contribution in [0.2, 0.25) is 0 Å². The maximum absolute atomic E-state index is 11.8. The van der Waals surface area contributed by atoms with Crippen LogP contribution in [-0.4, -0.2) is 11.6 Å². The molecule has 0 radical (unpaired) electrons. The van der Waals surface area contributed by atoms with Gasteiger partial charge in [0.1, 0.15) is 5.60 Å². The Bertz CT molecular complexity index is 446. The predicted molar refractivity (Wildman–Crippen MR) is 73.1 cm³/mol. The van der Waals surface area contributed by atoms with E-state index in [0.717, 1.165) is 30.4 Å². The third kappa shape index (κ3) is 2.05. The van der Waals surface area contributed by atoms with Crippen LogP contribution in [-0.2, 0) is 9.53 Å². The van der Waals surface area contributed by atoms with Gasteiger partial charge in [0.15, 0.2) is 0 Å². The fourth-order valence-electron chi connectivity index (χ4n) is 2.74. The number of carbonyl (C=O) groups excluding carboxylic acids is 1. The fraction of sp³-hybridized carbons (Fsp3) is 0.562. The molecule has 0 spiro atoms. The van der Waals surface area contributed by atoms with E-state index in [-0.39, 0.29) is 11.4 Å². The molecule has 0 amide bonds. The minimum atomic E-state index is -0.502. The number of allylic oxidation sites excluding steroid dienone is 2. The highest BCUT2D eigenvalue weighted by Gasteiger charge is 2.38. The normalized spacial score (nSPS) is 28.1. The molecular formula is C16H22O2. The lowest BCUT2D eigenvalue weighted by molar-refractivity contribution is -0.144. The van der Waals surface area contributed by atoms with Gasteiger partial charge < -0.3 is 4.74 Å². The van der Waals surface area contributed by atoms with Crippen molar-refractivity contribution in [3.8, 4) is 0 Å². The van der Waals surface area contributed by atoms with Crippen LogP contribution in [0, 0.1) is 5.41 Å². The predicted octanol–water partition coefficient (Wildman–Crippen LogP) is 3.94. The average molecular weight is 246 g/mol. The lowest BCUT2D eigenvalue weighted by atomic mass is 9.76. The first-order chi connectivity index (χ1) is 8.44. The molecule has 0 fully saturated rings. The second-order valence-electron chi connectivity index (χ2n) is 5.74. The van der Waals surface area contributed by atoms with E-state index in [1.54, 1.807) is 0 Å². The molecule has 2 rings (SSSR count). The van der Waals surface area contributed by atoms with Gasteiger partial charge in [0.2, 0.25) is 0 Å². The first kappa shape index (κ1) is 13.1. The van der Waals surface area contributed by atoms with Crippen LogP contribution in [0.15, 0.2) is 35.5 Å². The quantitative estimate of drug-likeness (QED) is 0.690. The summed E-state index contributed by atoms with van der Waals surface area (Å²) in [7, 11) is 0. The smallest absolute Gasteiger partial charge is 0.339 e. The Kier molecular flexibility index (Phi) is 3.22. The van der Waals surface area contributed by atoms with E-state index in [9.17, 15) is 4.79 Å². The highest BCUT2D eigenvalue weighted by atomic mass is 16.6. The topological polar surface area (TPSA) is 26.3 Å². The number of esters is 1. The summed E-state index contributed by atoms with van der Waals surface area (Å²) >= 11 is 0. The van der Waals surface area contributed by atoms with Crippen LogP contribution in [0.3, 0.4) is 0 Å². The van der Waals surface area contributed by atoms with Crippen LogP contribution >= 0.6 is 0 Å². The molecule has 1 heterocycles.